The highest BCUT2D eigenvalue weighted by molar-refractivity contribution is 9.10. The van der Waals surface area contributed by atoms with E-state index in [9.17, 15) is 0 Å². The van der Waals surface area contributed by atoms with Gasteiger partial charge >= 0.3 is 0 Å². The Balaban J connectivity index is 2.65. The summed E-state index contributed by atoms with van der Waals surface area (Å²) in [5.74, 6) is 1.99. The third-order valence-electron chi connectivity index (χ3n) is 2.22. The highest BCUT2D eigenvalue weighted by Gasteiger charge is 2.10. The van der Waals surface area contributed by atoms with Crippen molar-refractivity contribution in [2.75, 3.05) is 27.3 Å². The number of hydrogen-bond acceptors (Lipinski definition) is 3. The van der Waals surface area contributed by atoms with E-state index in [-0.39, 0.29) is 0 Å². The van der Waals surface area contributed by atoms with Crippen LogP contribution in [-0.4, -0.2) is 27.3 Å². The van der Waals surface area contributed by atoms with Crippen LogP contribution in [-0.2, 0) is 0 Å². The van der Waals surface area contributed by atoms with Gasteiger partial charge in [-0.1, -0.05) is 13.0 Å². The molecule has 1 aromatic carbocycles. The van der Waals surface area contributed by atoms with E-state index in [0.29, 0.717) is 12.5 Å². The minimum absolute atomic E-state index is 0.460. The minimum Gasteiger partial charge on any atom is -0.493 e. The highest BCUT2D eigenvalue weighted by Crippen LogP contribution is 2.34. The van der Waals surface area contributed by atoms with Gasteiger partial charge in [0.25, 0.3) is 0 Å². The van der Waals surface area contributed by atoms with Gasteiger partial charge in [-0.05, 0) is 35.1 Å². The molecule has 0 aromatic heterocycles. The molecule has 0 fully saturated rings. The summed E-state index contributed by atoms with van der Waals surface area (Å²) in [7, 11) is 3.58. The molecule has 0 spiro atoms. The lowest BCUT2D eigenvalue weighted by Gasteiger charge is -2.15. The third-order valence-corrected chi connectivity index (χ3v) is 2.84. The van der Waals surface area contributed by atoms with Crippen molar-refractivity contribution < 1.29 is 9.47 Å². The number of hydrogen-bond donors (Lipinski definition) is 1. The second-order valence-corrected chi connectivity index (χ2v) is 4.60. The zero-order valence-corrected chi connectivity index (χ0v) is 11.5. The molecular formula is C12H18BrNO2. The Morgan fingerprint density at radius 3 is 2.81 bits per heavy atom. The molecule has 90 valence electrons. The number of benzene rings is 1. The van der Waals surface area contributed by atoms with Crippen molar-refractivity contribution in [1.29, 1.82) is 0 Å². The van der Waals surface area contributed by atoms with Gasteiger partial charge in [0, 0.05) is 12.5 Å². The van der Waals surface area contributed by atoms with Gasteiger partial charge in [0.1, 0.15) is 0 Å². The Morgan fingerprint density at radius 2 is 2.19 bits per heavy atom. The van der Waals surface area contributed by atoms with Crippen molar-refractivity contribution in [3.05, 3.63) is 22.7 Å². The second kappa shape index (κ2) is 6.76. The van der Waals surface area contributed by atoms with Crippen molar-refractivity contribution in [1.82, 2.24) is 5.32 Å². The first-order chi connectivity index (χ1) is 7.69. The number of para-hydroxylation sites is 1. The molecular weight excluding hydrogens is 270 g/mol. The van der Waals surface area contributed by atoms with Crippen molar-refractivity contribution in [2.45, 2.75) is 6.92 Å². The molecule has 1 unspecified atom stereocenters. The molecule has 3 nitrogen and oxygen atoms in total. The summed E-state index contributed by atoms with van der Waals surface area (Å²) in [4.78, 5) is 0. The first-order valence-corrected chi connectivity index (χ1v) is 6.08. The van der Waals surface area contributed by atoms with E-state index in [1.807, 2.05) is 25.2 Å². The maximum Gasteiger partial charge on any atom is 0.175 e. The molecule has 0 bridgehead atoms. The number of halogens is 1. The van der Waals surface area contributed by atoms with Crippen LogP contribution in [0, 0.1) is 5.92 Å². The Kier molecular flexibility index (Phi) is 5.63. The highest BCUT2D eigenvalue weighted by atomic mass is 79.9. The van der Waals surface area contributed by atoms with Crippen molar-refractivity contribution in [3.63, 3.8) is 0 Å². The van der Waals surface area contributed by atoms with Gasteiger partial charge < -0.3 is 14.8 Å². The summed E-state index contributed by atoms with van der Waals surface area (Å²) in [5, 5.41) is 3.12. The molecule has 0 radical (unpaired) electrons. The molecule has 16 heavy (non-hydrogen) atoms. The summed E-state index contributed by atoms with van der Waals surface area (Å²) in [6.45, 7) is 3.74. The average molecular weight is 288 g/mol. The molecule has 0 saturated heterocycles. The summed E-state index contributed by atoms with van der Waals surface area (Å²) in [5.41, 5.74) is 0. The maximum absolute atomic E-state index is 5.76. The zero-order chi connectivity index (χ0) is 12.0. The number of nitrogens with one attached hydrogen (secondary N) is 1. The molecule has 0 aliphatic carbocycles. The van der Waals surface area contributed by atoms with Gasteiger partial charge in [0.15, 0.2) is 11.5 Å². The molecule has 4 heteroatoms. The minimum atomic E-state index is 0.460. The first-order valence-electron chi connectivity index (χ1n) is 5.29. The molecule has 0 aliphatic heterocycles. The van der Waals surface area contributed by atoms with E-state index in [4.69, 9.17) is 9.47 Å². The third kappa shape index (κ3) is 3.68. The average Bonchev–Trinajstić information content (AvgIpc) is 2.27. The van der Waals surface area contributed by atoms with E-state index in [2.05, 4.69) is 28.2 Å². The van der Waals surface area contributed by atoms with Crippen molar-refractivity contribution in [3.8, 4) is 11.5 Å². The fourth-order valence-electron chi connectivity index (χ4n) is 1.42. The number of ether oxygens (including phenoxy) is 2. The van der Waals surface area contributed by atoms with Crippen LogP contribution in [0.4, 0.5) is 0 Å². The summed E-state index contributed by atoms with van der Waals surface area (Å²) < 4.78 is 11.9. The normalized spacial score (nSPS) is 12.2. The first kappa shape index (κ1) is 13.3. The number of methoxy groups -OCH3 is 1. The molecule has 1 atom stereocenters. The predicted octanol–water partition coefficient (Wildman–Crippen LogP) is 2.69. The van der Waals surface area contributed by atoms with E-state index in [1.165, 1.54) is 0 Å². The van der Waals surface area contributed by atoms with E-state index >= 15 is 0 Å². The van der Waals surface area contributed by atoms with Gasteiger partial charge in [0.2, 0.25) is 0 Å². The quantitative estimate of drug-likeness (QED) is 0.873. The lowest BCUT2D eigenvalue weighted by Crippen LogP contribution is -2.21. The van der Waals surface area contributed by atoms with E-state index in [1.54, 1.807) is 7.11 Å². The summed E-state index contributed by atoms with van der Waals surface area (Å²) in [6.07, 6.45) is 0. The molecule has 0 heterocycles. The second-order valence-electron chi connectivity index (χ2n) is 3.75. The Bertz CT molecular complexity index is 331. The van der Waals surface area contributed by atoms with Gasteiger partial charge in [-0.3, -0.25) is 0 Å². The molecule has 0 saturated carbocycles. The zero-order valence-electron chi connectivity index (χ0n) is 9.92. The van der Waals surface area contributed by atoms with Crippen LogP contribution in [0.25, 0.3) is 0 Å². The lowest BCUT2D eigenvalue weighted by molar-refractivity contribution is 0.244. The summed E-state index contributed by atoms with van der Waals surface area (Å²) >= 11 is 3.46. The fraction of sp³-hybridized carbons (Fsp3) is 0.500. The monoisotopic (exact) mass is 287 g/mol. The Labute approximate surface area is 105 Å². The van der Waals surface area contributed by atoms with Gasteiger partial charge in [-0.25, -0.2) is 0 Å². The van der Waals surface area contributed by atoms with Crippen LogP contribution in [0.15, 0.2) is 22.7 Å². The lowest BCUT2D eigenvalue weighted by atomic mass is 10.2. The maximum atomic E-state index is 5.76. The van der Waals surface area contributed by atoms with Crippen LogP contribution in [0.2, 0.25) is 0 Å². The molecule has 0 aliphatic rings. The molecule has 1 aromatic rings. The Morgan fingerprint density at radius 1 is 1.44 bits per heavy atom. The van der Waals surface area contributed by atoms with Gasteiger partial charge in [-0.15, -0.1) is 0 Å². The topological polar surface area (TPSA) is 30.5 Å². The van der Waals surface area contributed by atoms with E-state index < -0.39 is 0 Å². The standard InChI is InChI=1S/C12H18BrNO2/c1-9(7-14-2)8-16-12-10(13)5-4-6-11(12)15-3/h4-6,9,14H,7-8H2,1-3H3. The van der Waals surface area contributed by atoms with Gasteiger partial charge in [-0.2, -0.15) is 0 Å². The number of rotatable bonds is 6. The SMILES string of the molecule is CNCC(C)COc1c(Br)cccc1OC. The van der Waals surface area contributed by atoms with Crippen LogP contribution >= 0.6 is 15.9 Å². The molecule has 1 N–H and O–H groups in total. The van der Waals surface area contributed by atoms with Crippen LogP contribution in [0.3, 0.4) is 0 Å². The van der Waals surface area contributed by atoms with Crippen LogP contribution in [0.5, 0.6) is 11.5 Å². The van der Waals surface area contributed by atoms with Crippen molar-refractivity contribution in [2.24, 2.45) is 5.92 Å². The van der Waals surface area contributed by atoms with Crippen LogP contribution < -0.4 is 14.8 Å². The summed E-state index contributed by atoms with van der Waals surface area (Å²) in [6, 6.07) is 5.76. The van der Waals surface area contributed by atoms with Gasteiger partial charge in [0.05, 0.1) is 18.2 Å². The van der Waals surface area contributed by atoms with Crippen molar-refractivity contribution >= 4 is 15.9 Å². The molecule has 0 amide bonds. The smallest absolute Gasteiger partial charge is 0.175 e. The van der Waals surface area contributed by atoms with E-state index in [0.717, 1.165) is 22.5 Å². The predicted molar refractivity (Wildman–Crippen MR) is 69.3 cm³/mol. The van der Waals surface area contributed by atoms with Crippen LogP contribution in [0.1, 0.15) is 6.92 Å². The molecule has 1 rings (SSSR count). The fourth-order valence-corrected chi connectivity index (χ4v) is 1.89. The largest absolute Gasteiger partial charge is 0.493 e. The Hall–Kier alpha value is -0.740.